The van der Waals surface area contributed by atoms with E-state index in [-0.39, 0.29) is 0 Å². The van der Waals surface area contributed by atoms with Crippen LogP contribution in [0.25, 0.3) is 0 Å². The maximum absolute atomic E-state index is 5.66. The van der Waals surface area contributed by atoms with Gasteiger partial charge < -0.3 is 15.0 Å². The molecular weight excluding hydrogens is 246 g/mol. The summed E-state index contributed by atoms with van der Waals surface area (Å²) in [5.41, 5.74) is 1.17. The van der Waals surface area contributed by atoms with Gasteiger partial charge in [0.05, 0.1) is 11.8 Å². The summed E-state index contributed by atoms with van der Waals surface area (Å²) in [5, 5.41) is 6.77. The minimum Gasteiger partial charge on any atom is -0.376 e. The standard InChI is InChI=1S/C13H21N3OS/c1-16(8-12-3-2-6-17-12)13-15-11(9-18-13)7-14-10-4-5-10/h9-10,12,14H,2-8H2,1H3. The third-order valence-electron chi connectivity index (χ3n) is 3.52. The Hall–Kier alpha value is -0.650. The normalized spacial score (nSPS) is 23.5. The van der Waals surface area contributed by atoms with Crippen LogP contribution in [0, 0.1) is 0 Å². The van der Waals surface area contributed by atoms with Crippen LogP contribution in [-0.4, -0.2) is 37.3 Å². The van der Waals surface area contributed by atoms with E-state index in [4.69, 9.17) is 4.74 Å². The molecule has 1 N–H and O–H groups in total. The molecule has 2 heterocycles. The molecule has 1 saturated heterocycles. The second-order valence-electron chi connectivity index (χ2n) is 5.29. The number of thiazole rings is 1. The molecule has 100 valence electrons. The molecule has 1 aromatic heterocycles. The molecule has 0 bridgehead atoms. The summed E-state index contributed by atoms with van der Waals surface area (Å²) in [6, 6.07) is 0.750. The van der Waals surface area contributed by atoms with Gasteiger partial charge in [0.2, 0.25) is 0 Å². The summed E-state index contributed by atoms with van der Waals surface area (Å²) in [6.07, 6.45) is 5.44. The molecule has 1 saturated carbocycles. The topological polar surface area (TPSA) is 37.4 Å². The van der Waals surface area contributed by atoms with Crippen LogP contribution < -0.4 is 10.2 Å². The van der Waals surface area contributed by atoms with Gasteiger partial charge in [0.15, 0.2) is 5.13 Å². The van der Waals surface area contributed by atoms with Crippen LogP contribution in [0.15, 0.2) is 5.38 Å². The average molecular weight is 267 g/mol. The van der Waals surface area contributed by atoms with Gasteiger partial charge in [-0.2, -0.15) is 0 Å². The highest BCUT2D eigenvalue weighted by Gasteiger charge is 2.21. The SMILES string of the molecule is CN(CC1CCCO1)c1nc(CNC2CC2)cs1. The number of anilines is 1. The van der Waals surface area contributed by atoms with Crippen LogP contribution >= 0.6 is 11.3 Å². The Kier molecular flexibility index (Phi) is 3.82. The van der Waals surface area contributed by atoms with Gasteiger partial charge in [-0.15, -0.1) is 11.3 Å². The number of likely N-dealkylation sites (N-methyl/N-ethyl adjacent to an activating group) is 1. The molecule has 4 nitrogen and oxygen atoms in total. The Labute approximate surface area is 112 Å². The molecule has 1 aliphatic heterocycles. The van der Waals surface area contributed by atoms with Crippen LogP contribution in [0.5, 0.6) is 0 Å². The van der Waals surface area contributed by atoms with E-state index in [1.165, 1.54) is 31.4 Å². The minimum absolute atomic E-state index is 0.395. The molecule has 5 heteroatoms. The first-order valence-corrected chi connectivity index (χ1v) is 7.70. The van der Waals surface area contributed by atoms with Crippen molar-refractivity contribution >= 4 is 16.5 Å². The van der Waals surface area contributed by atoms with Crippen molar-refractivity contribution in [1.29, 1.82) is 0 Å². The van der Waals surface area contributed by atoms with E-state index in [0.717, 1.165) is 30.9 Å². The number of rotatable bonds is 6. The van der Waals surface area contributed by atoms with E-state index >= 15 is 0 Å². The van der Waals surface area contributed by atoms with Crippen molar-refractivity contribution in [3.05, 3.63) is 11.1 Å². The highest BCUT2D eigenvalue weighted by atomic mass is 32.1. The second-order valence-corrected chi connectivity index (χ2v) is 6.13. The van der Waals surface area contributed by atoms with E-state index in [1.54, 1.807) is 11.3 Å². The monoisotopic (exact) mass is 267 g/mol. The average Bonchev–Trinajstić information content (AvgIpc) is 2.88. The Morgan fingerprint density at radius 1 is 1.50 bits per heavy atom. The smallest absolute Gasteiger partial charge is 0.185 e. The first-order valence-electron chi connectivity index (χ1n) is 6.82. The predicted molar refractivity (Wildman–Crippen MR) is 74.2 cm³/mol. The maximum atomic E-state index is 5.66. The molecule has 0 aromatic carbocycles. The van der Waals surface area contributed by atoms with Gasteiger partial charge in [-0.05, 0) is 25.7 Å². The molecule has 1 atom stereocenters. The van der Waals surface area contributed by atoms with E-state index < -0.39 is 0 Å². The quantitative estimate of drug-likeness (QED) is 0.855. The Morgan fingerprint density at radius 3 is 3.11 bits per heavy atom. The Bertz CT molecular complexity index is 385. The van der Waals surface area contributed by atoms with Gasteiger partial charge in [-0.25, -0.2) is 4.98 Å². The number of hydrogen-bond acceptors (Lipinski definition) is 5. The van der Waals surface area contributed by atoms with Gasteiger partial charge in [0, 0.05) is 38.2 Å². The number of ether oxygens (including phenoxy) is 1. The molecule has 0 spiro atoms. The molecule has 1 aromatic rings. The summed E-state index contributed by atoms with van der Waals surface area (Å²) < 4.78 is 5.66. The van der Waals surface area contributed by atoms with Crippen LogP contribution in [-0.2, 0) is 11.3 Å². The number of hydrogen-bond donors (Lipinski definition) is 1. The van der Waals surface area contributed by atoms with Crippen molar-refractivity contribution in [3.63, 3.8) is 0 Å². The molecule has 2 aliphatic rings. The summed E-state index contributed by atoms with van der Waals surface area (Å²) in [6.45, 7) is 2.80. The van der Waals surface area contributed by atoms with E-state index in [0.29, 0.717) is 6.10 Å². The number of nitrogens with one attached hydrogen (secondary N) is 1. The van der Waals surface area contributed by atoms with Crippen molar-refractivity contribution in [2.45, 2.75) is 44.4 Å². The zero-order valence-corrected chi connectivity index (χ0v) is 11.7. The highest BCUT2D eigenvalue weighted by Crippen LogP contribution is 2.23. The van der Waals surface area contributed by atoms with Crippen molar-refractivity contribution in [2.75, 3.05) is 25.1 Å². The van der Waals surface area contributed by atoms with Crippen molar-refractivity contribution in [2.24, 2.45) is 0 Å². The molecule has 2 fully saturated rings. The Balaban J connectivity index is 1.50. The van der Waals surface area contributed by atoms with E-state index in [9.17, 15) is 0 Å². The van der Waals surface area contributed by atoms with Crippen LogP contribution in [0.4, 0.5) is 5.13 Å². The molecule has 3 rings (SSSR count). The lowest BCUT2D eigenvalue weighted by molar-refractivity contribution is 0.116. The van der Waals surface area contributed by atoms with Crippen LogP contribution in [0.1, 0.15) is 31.4 Å². The Morgan fingerprint density at radius 2 is 2.39 bits per heavy atom. The maximum Gasteiger partial charge on any atom is 0.185 e. The fraction of sp³-hybridized carbons (Fsp3) is 0.769. The third-order valence-corrected chi connectivity index (χ3v) is 4.52. The zero-order chi connectivity index (χ0) is 12.4. The molecule has 0 amide bonds. The number of nitrogens with zero attached hydrogens (tertiary/aromatic N) is 2. The fourth-order valence-corrected chi connectivity index (χ4v) is 3.06. The lowest BCUT2D eigenvalue weighted by Crippen LogP contribution is -2.28. The fourth-order valence-electron chi connectivity index (χ4n) is 2.26. The summed E-state index contributed by atoms with van der Waals surface area (Å²) in [4.78, 5) is 6.90. The van der Waals surface area contributed by atoms with Crippen molar-refractivity contribution < 1.29 is 4.74 Å². The van der Waals surface area contributed by atoms with Gasteiger partial charge in [-0.3, -0.25) is 0 Å². The first kappa shape index (κ1) is 12.4. The summed E-state index contributed by atoms with van der Waals surface area (Å²) in [7, 11) is 2.11. The third kappa shape index (κ3) is 3.22. The zero-order valence-electron chi connectivity index (χ0n) is 10.9. The van der Waals surface area contributed by atoms with Gasteiger partial charge >= 0.3 is 0 Å². The lowest BCUT2D eigenvalue weighted by atomic mass is 10.2. The molecule has 18 heavy (non-hydrogen) atoms. The molecule has 0 radical (unpaired) electrons. The van der Waals surface area contributed by atoms with Crippen molar-refractivity contribution in [3.8, 4) is 0 Å². The van der Waals surface area contributed by atoms with E-state index in [1.807, 2.05) is 0 Å². The highest BCUT2D eigenvalue weighted by molar-refractivity contribution is 7.13. The van der Waals surface area contributed by atoms with Gasteiger partial charge in [0.25, 0.3) is 0 Å². The predicted octanol–water partition coefficient (Wildman–Crippen LogP) is 2.01. The number of aromatic nitrogens is 1. The molecular formula is C13H21N3OS. The minimum atomic E-state index is 0.395. The van der Waals surface area contributed by atoms with E-state index in [2.05, 4.69) is 27.6 Å². The van der Waals surface area contributed by atoms with Crippen LogP contribution in [0.3, 0.4) is 0 Å². The first-order chi connectivity index (χ1) is 8.81. The second kappa shape index (κ2) is 5.55. The molecule has 1 aliphatic carbocycles. The molecule has 1 unspecified atom stereocenters. The van der Waals surface area contributed by atoms with Crippen LogP contribution in [0.2, 0.25) is 0 Å². The van der Waals surface area contributed by atoms with Crippen molar-refractivity contribution in [1.82, 2.24) is 10.3 Å². The van der Waals surface area contributed by atoms with Gasteiger partial charge in [0.1, 0.15) is 0 Å². The largest absolute Gasteiger partial charge is 0.376 e. The summed E-state index contributed by atoms with van der Waals surface area (Å²) in [5.74, 6) is 0. The lowest BCUT2D eigenvalue weighted by Gasteiger charge is -2.19. The summed E-state index contributed by atoms with van der Waals surface area (Å²) >= 11 is 1.73. The van der Waals surface area contributed by atoms with Gasteiger partial charge in [-0.1, -0.05) is 0 Å².